The lowest BCUT2D eigenvalue weighted by Crippen LogP contribution is -2.49. The number of likely N-dealkylation sites (N-methyl/N-ethyl adjacent to an activating group) is 1. The number of halogens is 3. The maximum Gasteiger partial charge on any atom is 0.391 e. The number of nitrogens with one attached hydrogen (secondary N) is 1. The van der Waals surface area contributed by atoms with Gasteiger partial charge in [-0.15, -0.1) is 0 Å². The summed E-state index contributed by atoms with van der Waals surface area (Å²) in [6, 6.07) is -0.0176. The van der Waals surface area contributed by atoms with Crippen LogP contribution >= 0.6 is 0 Å². The van der Waals surface area contributed by atoms with Gasteiger partial charge in [0.2, 0.25) is 0 Å². The van der Waals surface area contributed by atoms with Crippen LogP contribution in [0.4, 0.5) is 13.2 Å². The number of hydrogen-bond donors (Lipinski definition) is 1. The summed E-state index contributed by atoms with van der Waals surface area (Å²) in [6.07, 6.45) is -1.93. The van der Waals surface area contributed by atoms with Gasteiger partial charge >= 0.3 is 6.18 Å². The maximum absolute atomic E-state index is 12.7. The molecule has 1 heterocycles. The van der Waals surface area contributed by atoms with Gasteiger partial charge in [0, 0.05) is 25.7 Å². The van der Waals surface area contributed by atoms with E-state index in [9.17, 15) is 13.2 Å². The van der Waals surface area contributed by atoms with Crippen LogP contribution in [0.15, 0.2) is 0 Å². The molecule has 2 rings (SSSR count). The second-order valence-electron chi connectivity index (χ2n) is 5.90. The molecule has 0 bridgehead atoms. The lowest BCUT2D eigenvalue weighted by Gasteiger charge is -2.35. The van der Waals surface area contributed by atoms with E-state index < -0.39 is 12.1 Å². The van der Waals surface area contributed by atoms with Crippen LogP contribution < -0.4 is 5.32 Å². The predicted molar refractivity (Wildman–Crippen MR) is 71.7 cm³/mol. The highest BCUT2D eigenvalue weighted by Crippen LogP contribution is 2.37. The van der Waals surface area contributed by atoms with Gasteiger partial charge in [-0.05, 0) is 25.8 Å². The summed E-state index contributed by atoms with van der Waals surface area (Å²) in [7, 11) is 0. The van der Waals surface area contributed by atoms with E-state index >= 15 is 0 Å². The second-order valence-corrected chi connectivity index (χ2v) is 5.90. The first-order chi connectivity index (χ1) is 9.49. The van der Waals surface area contributed by atoms with E-state index in [-0.39, 0.29) is 25.0 Å². The first-order valence-corrected chi connectivity index (χ1v) is 7.63. The van der Waals surface area contributed by atoms with Crippen molar-refractivity contribution in [1.29, 1.82) is 0 Å². The highest BCUT2D eigenvalue weighted by molar-refractivity contribution is 4.83. The van der Waals surface area contributed by atoms with Gasteiger partial charge in [0.25, 0.3) is 0 Å². The van der Waals surface area contributed by atoms with E-state index in [1.54, 1.807) is 0 Å². The van der Waals surface area contributed by atoms with Crippen LogP contribution in [0.1, 0.15) is 32.6 Å². The first kappa shape index (κ1) is 16.0. The molecule has 1 saturated heterocycles. The number of hydrogen-bond acceptors (Lipinski definition) is 3. The van der Waals surface area contributed by atoms with E-state index in [0.29, 0.717) is 13.0 Å². The normalized spacial score (nSPS) is 33.3. The summed E-state index contributed by atoms with van der Waals surface area (Å²) >= 11 is 0. The van der Waals surface area contributed by atoms with Crippen LogP contribution in [0.25, 0.3) is 0 Å². The van der Waals surface area contributed by atoms with Gasteiger partial charge in [-0.1, -0.05) is 13.3 Å². The molecule has 0 radical (unpaired) electrons. The van der Waals surface area contributed by atoms with Crippen molar-refractivity contribution in [3.8, 4) is 0 Å². The average molecular weight is 294 g/mol. The van der Waals surface area contributed by atoms with Crippen LogP contribution in [0.5, 0.6) is 0 Å². The molecule has 3 unspecified atom stereocenters. The number of ether oxygens (including phenoxy) is 1. The largest absolute Gasteiger partial charge is 0.391 e. The van der Waals surface area contributed by atoms with Crippen molar-refractivity contribution in [3.63, 3.8) is 0 Å². The van der Waals surface area contributed by atoms with Gasteiger partial charge in [0.15, 0.2) is 0 Å². The van der Waals surface area contributed by atoms with Crippen molar-refractivity contribution in [2.75, 3.05) is 32.8 Å². The van der Waals surface area contributed by atoms with E-state index in [1.165, 1.54) is 0 Å². The molecule has 20 heavy (non-hydrogen) atoms. The first-order valence-electron chi connectivity index (χ1n) is 7.63. The smallest absolute Gasteiger partial charge is 0.374 e. The molecule has 0 amide bonds. The molecule has 3 atom stereocenters. The average Bonchev–Trinajstić information content (AvgIpc) is 2.45. The standard InChI is InChI=1S/C14H25F3N2O/c1-2-19-6-7-20-13(10-19)9-18-12-5-3-4-11(8-12)14(15,16)17/h11-13,18H,2-10H2,1H3. The number of alkyl halides is 3. The minimum absolute atomic E-state index is 0.0176. The minimum Gasteiger partial charge on any atom is -0.374 e. The summed E-state index contributed by atoms with van der Waals surface area (Å²) in [5.74, 6) is -1.13. The molecule has 1 N–H and O–H groups in total. The second kappa shape index (κ2) is 7.09. The Kier molecular flexibility index (Phi) is 5.69. The van der Waals surface area contributed by atoms with Crippen molar-refractivity contribution in [3.05, 3.63) is 0 Å². The molecule has 0 aromatic heterocycles. The van der Waals surface area contributed by atoms with Crippen molar-refractivity contribution < 1.29 is 17.9 Å². The molecule has 0 aromatic rings. The molecule has 118 valence electrons. The van der Waals surface area contributed by atoms with Crippen molar-refractivity contribution in [2.24, 2.45) is 5.92 Å². The van der Waals surface area contributed by atoms with Gasteiger partial charge in [-0.3, -0.25) is 4.90 Å². The minimum atomic E-state index is -4.04. The van der Waals surface area contributed by atoms with Crippen LogP contribution in [0.2, 0.25) is 0 Å². The van der Waals surface area contributed by atoms with Gasteiger partial charge in [-0.25, -0.2) is 0 Å². The third-order valence-electron chi connectivity index (χ3n) is 4.44. The predicted octanol–water partition coefficient (Wildman–Crippen LogP) is 2.42. The van der Waals surface area contributed by atoms with E-state index in [0.717, 1.165) is 32.7 Å². The molecule has 6 heteroatoms. The van der Waals surface area contributed by atoms with Crippen molar-refractivity contribution in [2.45, 2.75) is 50.9 Å². The van der Waals surface area contributed by atoms with Crippen LogP contribution in [0, 0.1) is 5.92 Å². The van der Waals surface area contributed by atoms with E-state index in [2.05, 4.69) is 17.1 Å². The van der Waals surface area contributed by atoms with Gasteiger partial charge in [0.05, 0.1) is 18.6 Å². The Bertz CT molecular complexity index is 299. The molecule has 1 aliphatic carbocycles. The fourth-order valence-corrected chi connectivity index (χ4v) is 3.16. The Morgan fingerprint density at radius 3 is 2.80 bits per heavy atom. The molecule has 2 aliphatic rings. The van der Waals surface area contributed by atoms with Gasteiger partial charge in [0.1, 0.15) is 0 Å². The lowest BCUT2D eigenvalue weighted by atomic mass is 9.85. The fourth-order valence-electron chi connectivity index (χ4n) is 3.16. The molecule has 3 nitrogen and oxygen atoms in total. The third kappa shape index (κ3) is 4.60. The topological polar surface area (TPSA) is 24.5 Å². The quantitative estimate of drug-likeness (QED) is 0.862. The fraction of sp³-hybridized carbons (Fsp3) is 1.00. The molecule has 1 saturated carbocycles. The summed E-state index contributed by atoms with van der Waals surface area (Å²) < 4.78 is 43.9. The van der Waals surface area contributed by atoms with Crippen LogP contribution in [-0.2, 0) is 4.74 Å². The molecule has 1 aliphatic heterocycles. The number of nitrogens with zero attached hydrogens (tertiary/aromatic N) is 1. The molecular formula is C14H25F3N2O. The van der Waals surface area contributed by atoms with Gasteiger partial charge < -0.3 is 10.1 Å². The Balaban J connectivity index is 1.73. The van der Waals surface area contributed by atoms with Crippen LogP contribution in [0.3, 0.4) is 0 Å². The zero-order valence-electron chi connectivity index (χ0n) is 12.1. The van der Waals surface area contributed by atoms with E-state index in [4.69, 9.17) is 4.74 Å². The maximum atomic E-state index is 12.7. The zero-order valence-corrected chi connectivity index (χ0v) is 12.1. The highest BCUT2D eigenvalue weighted by atomic mass is 19.4. The monoisotopic (exact) mass is 294 g/mol. The SMILES string of the molecule is CCN1CCOC(CNC2CCCC(C(F)(F)F)C2)C1. The Morgan fingerprint density at radius 1 is 1.30 bits per heavy atom. The Hall–Kier alpha value is -0.330. The number of rotatable bonds is 4. The lowest BCUT2D eigenvalue weighted by molar-refractivity contribution is -0.183. The summed E-state index contributed by atoms with van der Waals surface area (Å²) in [4.78, 5) is 2.31. The summed E-state index contributed by atoms with van der Waals surface area (Å²) in [5.41, 5.74) is 0. The molecule has 2 fully saturated rings. The highest BCUT2D eigenvalue weighted by Gasteiger charge is 2.42. The number of morpholine rings is 1. The molecular weight excluding hydrogens is 269 g/mol. The van der Waals surface area contributed by atoms with Gasteiger partial charge in [-0.2, -0.15) is 13.2 Å². The Labute approximate surface area is 118 Å². The molecule has 0 aromatic carbocycles. The summed E-state index contributed by atoms with van der Waals surface area (Å²) in [5, 5.41) is 3.29. The van der Waals surface area contributed by atoms with Crippen molar-refractivity contribution >= 4 is 0 Å². The zero-order chi connectivity index (χ0) is 14.6. The van der Waals surface area contributed by atoms with Crippen LogP contribution in [-0.4, -0.2) is 56.0 Å². The summed E-state index contributed by atoms with van der Waals surface area (Å²) in [6.45, 7) is 6.32. The van der Waals surface area contributed by atoms with Crippen molar-refractivity contribution in [1.82, 2.24) is 10.2 Å². The Morgan fingerprint density at radius 2 is 2.10 bits per heavy atom. The third-order valence-corrected chi connectivity index (χ3v) is 4.44. The van der Waals surface area contributed by atoms with E-state index in [1.807, 2.05) is 0 Å². The molecule has 0 spiro atoms.